The standard InChI is InChI=1S/C17H25N/c1-7-10-15(9-3)17(14(4)5)13-12-16(18-6)11-8-2/h16-17H,3-4,6-8,10-11H2,1-2,5H3. The van der Waals surface area contributed by atoms with Gasteiger partial charge in [0.1, 0.15) is 6.04 Å². The molecule has 1 nitrogen and oxygen atoms in total. The minimum atomic E-state index is 0.0320. The average molecular weight is 243 g/mol. The summed E-state index contributed by atoms with van der Waals surface area (Å²) in [6.07, 6.45) is 4.06. The second kappa shape index (κ2) is 9.51. The Labute approximate surface area is 112 Å². The summed E-state index contributed by atoms with van der Waals surface area (Å²) in [5.41, 5.74) is 5.19. The lowest BCUT2D eigenvalue weighted by Gasteiger charge is -2.13. The first-order valence-corrected chi connectivity index (χ1v) is 6.61. The van der Waals surface area contributed by atoms with Crippen LogP contribution in [0.5, 0.6) is 0 Å². The monoisotopic (exact) mass is 243 g/mol. The zero-order valence-electron chi connectivity index (χ0n) is 12.1. The van der Waals surface area contributed by atoms with E-state index in [1.165, 1.54) is 0 Å². The Bertz CT molecular complexity index is 386. The molecule has 0 N–H and O–H groups in total. The van der Waals surface area contributed by atoms with Gasteiger partial charge in [0.2, 0.25) is 0 Å². The molecule has 0 amide bonds. The van der Waals surface area contributed by atoms with Gasteiger partial charge in [0.25, 0.3) is 0 Å². The first-order valence-electron chi connectivity index (χ1n) is 6.61. The van der Waals surface area contributed by atoms with E-state index in [-0.39, 0.29) is 12.0 Å². The van der Waals surface area contributed by atoms with Gasteiger partial charge in [0.05, 0.1) is 5.92 Å². The van der Waals surface area contributed by atoms with Crippen molar-refractivity contribution in [2.75, 3.05) is 0 Å². The molecule has 2 unspecified atom stereocenters. The van der Waals surface area contributed by atoms with E-state index in [4.69, 9.17) is 0 Å². The lowest BCUT2D eigenvalue weighted by Crippen LogP contribution is -2.05. The van der Waals surface area contributed by atoms with Crippen molar-refractivity contribution in [3.05, 3.63) is 30.0 Å². The topological polar surface area (TPSA) is 12.4 Å². The normalized spacial score (nSPS) is 12.6. The zero-order chi connectivity index (χ0) is 14.0. The molecule has 0 fully saturated rings. The summed E-state index contributed by atoms with van der Waals surface area (Å²) in [4.78, 5) is 4.04. The van der Waals surface area contributed by atoms with Crippen molar-refractivity contribution in [2.24, 2.45) is 10.9 Å². The molecular formula is C17H25N. The average Bonchev–Trinajstić information content (AvgIpc) is 2.35. The Kier molecular flexibility index (Phi) is 8.71. The summed E-state index contributed by atoms with van der Waals surface area (Å²) < 4.78 is 0. The maximum absolute atomic E-state index is 4.04. The van der Waals surface area contributed by atoms with Crippen molar-refractivity contribution in [2.45, 2.75) is 52.5 Å². The molecule has 0 aliphatic rings. The van der Waals surface area contributed by atoms with Crippen LogP contribution in [-0.2, 0) is 0 Å². The quantitative estimate of drug-likeness (QED) is 0.269. The van der Waals surface area contributed by atoms with Crippen molar-refractivity contribution >= 4 is 6.72 Å². The number of hydrogen-bond donors (Lipinski definition) is 0. The van der Waals surface area contributed by atoms with Gasteiger partial charge in [0.15, 0.2) is 0 Å². The summed E-state index contributed by atoms with van der Waals surface area (Å²) in [5.74, 6) is 6.52. The van der Waals surface area contributed by atoms with Crippen LogP contribution in [0.4, 0.5) is 0 Å². The van der Waals surface area contributed by atoms with Gasteiger partial charge in [-0.15, -0.1) is 5.73 Å². The molecule has 2 atom stereocenters. The van der Waals surface area contributed by atoms with Gasteiger partial charge in [-0.2, -0.15) is 0 Å². The molecule has 0 aromatic heterocycles. The van der Waals surface area contributed by atoms with Crippen LogP contribution in [0.1, 0.15) is 46.5 Å². The van der Waals surface area contributed by atoms with Gasteiger partial charge >= 0.3 is 0 Å². The summed E-state index contributed by atoms with van der Waals surface area (Å²) in [5, 5.41) is 0. The van der Waals surface area contributed by atoms with E-state index in [2.05, 4.69) is 56.3 Å². The maximum Gasteiger partial charge on any atom is 0.110 e. The van der Waals surface area contributed by atoms with Gasteiger partial charge in [-0.25, -0.2) is 0 Å². The fraction of sp³-hybridized carbons (Fsp3) is 0.529. The fourth-order valence-corrected chi connectivity index (χ4v) is 1.77. The van der Waals surface area contributed by atoms with Crippen LogP contribution in [0.25, 0.3) is 0 Å². The highest BCUT2D eigenvalue weighted by Crippen LogP contribution is 2.21. The van der Waals surface area contributed by atoms with Crippen molar-refractivity contribution in [1.82, 2.24) is 0 Å². The van der Waals surface area contributed by atoms with Crippen LogP contribution in [0, 0.1) is 17.8 Å². The number of aliphatic imine (C=N–C) groups is 1. The van der Waals surface area contributed by atoms with Crippen LogP contribution in [0.15, 0.2) is 35.0 Å². The second-order valence-electron chi connectivity index (χ2n) is 4.51. The Morgan fingerprint density at radius 2 is 1.89 bits per heavy atom. The summed E-state index contributed by atoms with van der Waals surface area (Å²) >= 11 is 0. The van der Waals surface area contributed by atoms with Gasteiger partial charge in [-0.1, -0.05) is 57.3 Å². The highest BCUT2D eigenvalue weighted by molar-refractivity contribution is 5.32. The molecule has 0 radical (unpaired) electrons. The number of rotatable bonds is 7. The number of allylic oxidation sites excluding steroid dienone is 2. The van der Waals surface area contributed by atoms with Crippen LogP contribution in [-0.4, -0.2) is 12.8 Å². The highest BCUT2D eigenvalue weighted by Gasteiger charge is 2.11. The molecule has 0 spiro atoms. The molecular weight excluding hydrogens is 218 g/mol. The molecule has 0 saturated carbocycles. The fourth-order valence-electron chi connectivity index (χ4n) is 1.77. The third-order valence-electron chi connectivity index (χ3n) is 2.76. The van der Waals surface area contributed by atoms with E-state index in [1.54, 1.807) is 0 Å². The largest absolute Gasteiger partial charge is 0.285 e. The van der Waals surface area contributed by atoms with Crippen LogP contribution in [0.3, 0.4) is 0 Å². The van der Waals surface area contributed by atoms with Gasteiger partial charge in [-0.05, 0) is 32.1 Å². The Balaban J connectivity index is 5.04. The molecule has 0 aliphatic carbocycles. The van der Waals surface area contributed by atoms with E-state index < -0.39 is 0 Å². The van der Waals surface area contributed by atoms with Crippen LogP contribution in [0.2, 0.25) is 0 Å². The molecule has 18 heavy (non-hydrogen) atoms. The van der Waals surface area contributed by atoms with Crippen molar-refractivity contribution < 1.29 is 0 Å². The second-order valence-corrected chi connectivity index (χ2v) is 4.51. The summed E-state index contributed by atoms with van der Waals surface area (Å²) in [7, 11) is 0. The Morgan fingerprint density at radius 1 is 1.22 bits per heavy atom. The van der Waals surface area contributed by atoms with E-state index in [9.17, 15) is 0 Å². The number of nitrogens with zero attached hydrogens (tertiary/aromatic N) is 1. The Morgan fingerprint density at radius 3 is 2.28 bits per heavy atom. The first-order chi connectivity index (χ1) is 8.60. The molecule has 0 rings (SSSR count). The van der Waals surface area contributed by atoms with E-state index >= 15 is 0 Å². The molecule has 1 heteroatoms. The predicted molar refractivity (Wildman–Crippen MR) is 81.9 cm³/mol. The maximum atomic E-state index is 4.04. The lowest BCUT2D eigenvalue weighted by molar-refractivity contribution is 0.723. The minimum absolute atomic E-state index is 0.0320. The molecule has 0 aromatic carbocycles. The van der Waals surface area contributed by atoms with E-state index in [0.717, 1.165) is 36.8 Å². The van der Waals surface area contributed by atoms with Crippen molar-refractivity contribution in [3.63, 3.8) is 0 Å². The molecule has 0 bridgehead atoms. The minimum Gasteiger partial charge on any atom is -0.285 e. The van der Waals surface area contributed by atoms with Gasteiger partial charge < -0.3 is 0 Å². The van der Waals surface area contributed by atoms with Gasteiger partial charge in [-0.3, -0.25) is 4.99 Å². The smallest absolute Gasteiger partial charge is 0.110 e. The molecule has 0 aromatic rings. The summed E-state index contributed by atoms with van der Waals surface area (Å²) in [6.45, 7) is 17.6. The van der Waals surface area contributed by atoms with Crippen molar-refractivity contribution in [3.8, 4) is 11.8 Å². The zero-order valence-corrected chi connectivity index (χ0v) is 12.1. The predicted octanol–water partition coefficient (Wildman–Crippen LogP) is 4.56. The third kappa shape index (κ3) is 5.71. The van der Waals surface area contributed by atoms with Gasteiger partial charge in [0, 0.05) is 0 Å². The molecule has 0 heterocycles. The van der Waals surface area contributed by atoms with Crippen LogP contribution < -0.4 is 0 Å². The van der Waals surface area contributed by atoms with E-state index in [0.29, 0.717) is 0 Å². The number of hydrogen-bond acceptors (Lipinski definition) is 1. The van der Waals surface area contributed by atoms with Crippen LogP contribution >= 0.6 is 0 Å². The first kappa shape index (κ1) is 16.5. The molecule has 98 valence electrons. The Hall–Kier alpha value is -1.51. The molecule has 0 aliphatic heterocycles. The summed E-state index contributed by atoms with van der Waals surface area (Å²) in [6, 6.07) is 0.0320. The molecule has 0 saturated heterocycles. The highest BCUT2D eigenvalue weighted by atomic mass is 14.7. The lowest BCUT2D eigenvalue weighted by atomic mass is 9.90. The van der Waals surface area contributed by atoms with E-state index in [1.807, 2.05) is 6.92 Å². The SMILES string of the molecule is C=C=C(CCC)C(C#CC(CCC)N=C)C(=C)C. The van der Waals surface area contributed by atoms with Crippen molar-refractivity contribution in [1.29, 1.82) is 0 Å². The third-order valence-corrected chi connectivity index (χ3v) is 2.76.